The van der Waals surface area contributed by atoms with Crippen LogP contribution in [0.15, 0.2) is 24.0 Å². The van der Waals surface area contributed by atoms with Gasteiger partial charge in [0.15, 0.2) is 0 Å². The average Bonchev–Trinajstić information content (AvgIpc) is 2.27. The SMILES string of the molecule is CCCOC(=O)OC1=CCC([N+](=O)[O-])C=C1. The molecular formula is C10H13NO5. The summed E-state index contributed by atoms with van der Waals surface area (Å²) in [5.41, 5.74) is 0. The minimum Gasteiger partial charge on any atom is -0.434 e. The van der Waals surface area contributed by atoms with E-state index < -0.39 is 12.2 Å². The van der Waals surface area contributed by atoms with Crippen LogP contribution in [0, 0.1) is 10.1 Å². The highest BCUT2D eigenvalue weighted by molar-refractivity contribution is 5.62. The van der Waals surface area contributed by atoms with Crippen LogP contribution in [0.5, 0.6) is 0 Å². The van der Waals surface area contributed by atoms with Crippen molar-refractivity contribution in [3.8, 4) is 0 Å². The summed E-state index contributed by atoms with van der Waals surface area (Å²) in [6.45, 7) is 2.17. The van der Waals surface area contributed by atoms with Crippen LogP contribution in [-0.2, 0) is 9.47 Å². The molecule has 0 saturated carbocycles. The van der Waals surface area contributed by atoms with Crippen LogP contribution in [-0.4, -0.2) is 23.7 Å². The molecule has 1 atom stereocenters. The summed E-state index contributed by atoms with van der Waals surface area (Å²) in [7, 11) is 0. The Balaban J connectivity index is 2.38. The zero-order valence-corrected chi connectivity index (χ0v) is 8.92. The maximum atomic E-state index is 11.0. The average molecular weight is 227 g/mol. The van der Waals surface area contributed by atoms with Crippen molar-refractivity contribution in [2.75, 3.05) is 6.61 Å². The number of carbonyl (C=O) groups is 1. The summed E-state index contributed by atoms with van der Waals surface area (Å²) in [5.74, 6) is 0.291. The second kappa shape index (κ2) is 5.89. The van der Waals surface area contributed by atoms with Crippen LogP contribution in [0.25, 0.3) is 0 Å². The van der Waals surface area contributed by atoms with Gasteiger partial charge >= 0.3 is 6.16 Å². The van der Waals surface area contributed by atoms with Crippen LogP contribution in [0.2, 0.25) is 0 Å². The standard InChI is InChI=1S/C10H13NO5/c1-2-7-15-10(12)16-9-5-3-8(4-6-9)11(13)14/h3,5-6,8H,2,4,7H2,1H3. The topological polar surface area (TPSA) is 78.7 Å². The molecule has 0 bridgehead atoms. The van der Waals surface area contributed by atoms with Gasteiger partial charge in [0.05, 0.1) is 6.61 Å². The zero-order chi connectivity index (χ0) is 12.0. The molecule has 0 heterocycles. The summed E-state index contributed by atoms with van der Waals surface area (Å²) in [4.78, 5) is 21.1. The second-order valence-electron chi connectivity index (χ2n) is 3.25. The van der Waals surface area contributed by atoms with E-state index in [1.165, 1.54) is 18.2 Å². The van der Waals surface area contributed by atoms with Crippen molar-refractivity contribution < 1.29 is 19.2 Å². The van der Waals surface area contributed by atoms with Gasteiger partial charge in [0.1, 0.15) is 5.76 Å². The van der Waals surface area contributed by atoms with Crippen LogP contribution in [0.4, 0.5) is 4.79 Å². The summed E-state index contributed by atoms with van der Waals surface area (Å²) in [6.07, 6.45) is 4.46. The first-order chi connectivity index (χ1) is 7.63. The summed E-state index contributed by atoms with van der Waals surface area (Å²) < 4.78 is 9.51. The van der Waals surface area contributed by atoms with Crippen molar-refractivity contribution in [2.24, 2.45) is 0 Å². The van der Waals surface area contributed by atoms with E-state index in [9.17, 15) is 14.9 Å². The normalized spacial score (nSPS) is 18.8. The Morgan fingerprint density at radius 2 is 2.44 bits per heavy atom. The molecule has 0 spiro atoms. The monoisotopic (exact) mass is 227 g/mol. The lowest BCUT2D eigenvalue weighted by molar-refractivity contribution is -0.508. The molecule has 1 unspecified atom stereocenters. The van der Waals surface area contributed by atoms with Gasteiger partial charge in [-0.1, -0.05) is 6.92 Å². The predicted octanol–water partition coefficient (Wildman–Crippen LogP) is 2.04. The van der Waals surface area contributed by atoms with Gasteiger partial charge in [-0.15, -0.1) is 0 Å². The smallest absolute Gasteiger partial charge is 0.434 e. The van der Waals surface area contributed by atoms with E-state index >= 15 is 0 Å². The quantitative estimate of drug-likeness (QED) is 0.417. The lowest BCUT2D eigenvalue weighted by Crippen LogP contribution is -2.18. The lowest BCUT2D eigenvalue weighted by atomic mass is 10.1. The first-order valence-electron chi connectivity index (χ1n) is 5.00. The van der Waals surface area contributed by atoms with E-state index in [1.807, 2.05) is 6.92 Å². The molecule has 6 heteroatoms. The second-order valence-corrected chi connectivity index (χ2v) is 3.25. The number of carbonyl (C=O) groups excluding carboxylic acids is 1. The number of nitrogens with zero attached hydrogens (tertiary/aromatic N) is 1. The summed E-state index contributed by atoms with van der Waals surface area (Å²) in [6, 6.07) is -0.737. The Bertz CT molecular complexity index is 334. The molecule has 0 saturated heterocycles. The molecule has 0 radical (unpaired) electrons. The van der Waals surface area contributed by atoms with Crippen LogP contribution < -0.4 is 0 Å². The van der Waals surface area contributed by atoms with Crippen LogP contribution >= 0.6 is 0 Å². The maximum absolute atomic E-state index is 11.0. The third-order valence-electron chi connectivity index (χ3n) is 1.94. The number of nitro groups is 1. The van der Waals surface area contributed by atoms with E-state index in [0.717, 1.165) is 0 Å². The minimum atomic E-state index is -0.780. The van der Waals surface area contributed by atoms with Crippen molar-refractivity contribution >= 4 is 6.16 Å². The van der Waals surface area contributed by atoms with Crippen molar-refractivity contribution in [3.05, 3.63) is 34.1 Å². The molecule has 0 fully saturated rings. The van der Waals surface area contributed by atoms with Crippen LogP contribution in [0.1, 0.15) is 19.8 Å². The first kappa shape index (κ1) is 12.2. The summed E-state index contributed by atoms with van der Waals surface area (Å²) >= 11 is 0. The molecule has 6 nitrogen and oxygen atoms in total. The van der Waals surface area contributed by atoms with Gasteiger partial charge in [-0.05, 0) is 24.6 Å². The number of allylic oxidation sites excluding steroid dienone is 1. The van der Waals surface area contributed by atoms with E-state index in [-0.39, 0.29) is 11.3 Å². The number of hydrogen-bond acceptors (Lipinski definition) is 5. The maximum Gasteiger partial charge on any atom is 0.513 e. The predicted molar refractivity (Wildman–Crippen MR) is 55.3 cm³/mol. The van der Waals surface area contributed by atoms with Gasteiger partial charge in [-0.3, -0.25) is 10.1 Å². The van der Waals surface area contributed by atoms with Gasteiger partial charge in [-0.2, -0.15) is 0 Å². The van der Waals surface area contributed by atoms with E-state index in [4.69, 9.17) is 9.47 Å². The molecule has 1 rings (SSSR count). The minimum absolute atomic E-state index is 0.222. The number of ether oxygens (including phenoxy) is 2. The zero-order valence-electron chi connectivity index (χ0n) is 8.92. The van der Waals surface area contributed by atoms with Crippen molar-refractivity contribution in [1.29, 1.82) is 0 Å². The highest BCUT2D eigenvalue weighted by Gasteiger charge is 2.19. The Labute approximate surface area is 92.7 Å². The third-order valence-corrected chi connectivity index (χ3v) is 1.94. The Morgan fingerprint density at radius 3 is 2.94 bits per heavy atom. The van der Waals surface area contributed by atoms with E-state index in [1.54, 1.807) is 0 Å². The molecule has 0 aliphatic heterocycles. The molecule has 0 aromatic carbocycles. The van der Waals surface area contributed by atoms with Gasteiger partial charge < -0.3 is 9.47 Å². The Hall–Kier alpha value is -1.85. The highest BCUT2D eigenvalue weighted by atomic mass is 16.7. The molecule has 0 amide bonds. The van der Waals surface area contributed by atoms with Gasteiger partial charge in [0.25, 0.3) is 0 Å². The van der Waals surface area contributed by atoms with Crippen molar-refractivity contribution in [3.63, 3.8) is 0 Å². The Morgan fingerprint density at radius 1 is 1.69 bits per heavy atom. The largest absolute Gasteiger partial charge is 0.513 e. The van der Waals surface area contributed by atoms with Gasteiger partial charge in [-0.25, -0.2) is 4.79 Å². The van der Waals surface area contributed by atoms with Crippen molar-refractivity contribution in [2.45, 2.75) is 25.8 Å². The number of rotatable bonds is 4. The molecule has 0 aromatic heterocycles. The third kappa shape index (κ3) is 3.72. The Kier molecular flexibility index (Phi) is 4.50. The fourth-order valence-electron chi connectivity index (χ4n) is 1.13. The number of hydrogen-bond donors (Lipinski definition) is 0. The fraction of sp³-hybridized carbons (Fsp3) is 0.500. The lowest BCUT2D eigenvalue weighted by Gasteiger charge is -2.10. The molecular weight excluding hydrogens is 214 g/mol. The van der Waals surface area contributed by atoms with E-state index in [0.29, 0.717) is 18.8 Å². The van der Waals surface area contributed by atoms with Crippen LogP contribution in [0.3, 0.4) is 0 Å². The molecule has 1 aliphatic carbocycles. The van der Waals surface area contributed by atoms with Gasteiger partial charge in [0, 0.05) is 11.3 Å². The molecule has 88 valence electrons. The molecule has 0 aromatic rings. The van der Waals surface area contributed by atoms with Crippen molar-refractivity contribution in [1.82, 2.24) is 0 Å². The highest BCUT2D eigenvalue weighted by Crippen LogP contribution is 2.14. The molecule has 16 heavy (non-hydrogen) atoms. The fourth-order valence-corrected chi connectivity index (χ4v) is 1.13. The van der Waals surface area contributed by atoms with Gasteiger partial charge in [0.2, 0.25) is 6.04 Å². The van der Waals surface area contributed by atoms with E-state index in [2.05, 4.69) is 0 Å². The first-order valence-corrected chi connectivity index (χ1v) is 5.00. The molecule has 1 aliphatic rings. The summed E-state index contributed by atoms with van der Waals surface area (Å²) in [5, 5.41) is 10.4. The molecule has 0 N–H and O–H groups in total.